The topological polar surface area (TPSA) is 70.6 Å². The lowest BCUT2D eigenvalue weighted by Crippen LogP contribution is -2.56. The van der Waals surface area contributed by atoms with Crippen molar-refractivity contribution in [1.82, 2.24) is 10.6 Å². The Morgan fingerprint density at radius 3 is 2.62 bits per heavy atom. The molecule has 0 bridgehead atoms. The van der Waals surface area contributed by atoms with Crippen LogP contribution < -0.4 is 10.6 Å². The van der Waals surface area contributed by atoms with Crippen LogP contribution in [0.1, 0.15) is 50.5 Å². The normalized spacial score (nSPS) is 30.0. The summed E-state index contributed by atoms with van der Waals surface area (Å²) in [5.74, 6) is 0. The molecule has 3 rings (SSSR count). The number of hydrogen-bond acceptors (Lipinski definition) is 4. The summed E-state index contributed by atoms with van der Waals surface area (Å²) in [4.78, 5) is 11.8. The lowest BCUT2D eigenvalue weighted by molar-refractivity contribution is 0.0938. The average molecular weight is 332 g/mol. The molecule has 2 atom stereocenters. The van der Waals surface area contributed by atoms with E-state index in [4.69, 9.17) is 4.74 Å². The number of carbonyl (C=O) groups is 1. The van der Waals surface area contributed by atoms with Crippen LogP contribution in [0.3, 0.4) is 0 Å². The minimum absolute atomic E-state index is 0.175. The largest absolute Gasteiger partial charge is 0.445 e. The first kappa shape index (κ1) is 17.2. The van der Waals surface area contributed by atoms with Crippen LogP contribution in [0.2, 0.25) is 0 Å². The molecule has 0 aliphatic heterocycles. The minimum Gasteiger partial charge on any atom is -0.445 e. The number of carbonyl (C=O) groups excluding carboxylic acids is 1. The standard InChI is InChI=1S/C19H28N2O3/c22-18-10-6-2-5-9-17(18)20-15-11-16(12-15)21-19(23)24-13-14-7-3-1-4-8-14/h1,3-4,7-8,15-18,20,22H,2,5-6,9-13H2,(H,21,23). The second-order valence-corrected chi connectivity index (χ2v) is 7.05. The summed E-state index contributed by atoms with van der Waals surface area (Å²) < 4.78 is 5.24. The predicted molar refractivity (Wildman–Crippen MR) is 92.6 cm³/mol. The van der Waals surface area contributed by atoms with Gasteiger partial charge in [0.25, 0.3) is 0 Å². The molecule has 0 aromatic heterocycles. The van der Waals surface area contributed by atoms with Crippen LogP contribution in [0.25, 0.3) is 0 Å². The van der Waals surface area contributed by atoms with E-state index in [-0.39, 0.29) is 24.3 Å². The van der Waals surface area contributed by atoms with Crippen molar-refractivity contribution in [3.63, 3.8) is 0 Å². The highest BCUT2D eigenvalue weighted by Crippen LogP contribution is 2.24. The Labute approximate surface area is 143 Å². The average Bonchev–Trinajstić information content (AvgIpc) is 2.76. The van der Waals surface area contributed by atoms with Crippen molar-refractivity contribution in [2.24, 2.45) is 0 Å². The molecule has 0 saturated heterocycles. The molecular weight excluding hydrogens is 304 g/mol. The lowest BCUT2D eigenvalue weighted by atomic mass is 9.85. The molecule has 1 aromatic rings. The van der Waals surface area contributed by atoms with E-state index in [0.717, 1.165) is 37.7 Å². The van der Waals surface area contributed by atoms with Gasteiger partial charge in [0, 0.05) is 18.1 Å². The molecular formula is C19H28N2O3. The van der Waals surface area contributed by atoms with E-state index < -0.39 is 0 Å². The molecule has 5 nitrogen and oxygen atoms in total. The van der Waals surface area contributed by atoms with E-state index in [1.807, 2.05) is 30.3 Å². The molecule has 0 spiro atoms. The number of aliphatic hydroxyl groups excluding tert-OH is 1. The Bertz CT molecular complexity index is 517. The first-order valence-electron chi connectivity index (χ1n) is 9.12. The fourth-order valence-corrected chi connectivity index (χ4v) is 3.59. The quantitative estimate of drug-likeness (QED) is 0.725. The second kappa shape index (κ2) is 8.49. The van der Waals surface area contributed by atoms with Crippen LogP contribution in [-0.4, -0.2) is 35.4 Å². The molecule has 24 heavy (non-hydrogen) atoms. The summed E-state index contributed by atoms with van der Waals surface area (Å²) in [6.45, 7) is 0.301. The highest BCUT2D eigenvalue weighted by molar-refractivity contribution is 5.67. The van der Waals surface area contributed by atoms with Crippen molar-refractivity contribution in [2.75, 3.05) is 0 Å². The molecule has 1 aromatic carbocycles. The molecule has 5 heteroatoms. The van der Waals surface area contributed by atoms with Gasteiger partial charge in [0.1, 0.15) is 6.61 Å². The van der Waals surface area contributed by atoms with Gasteiger partial charge in [-0.3, -0.25) is 0 Å². The van der Waals surface area contributed by atoms with Gasteiger partial charge in [0.05, 0.1) is 6.10 Å². The van der Waals surface area contributed by atoms with Crippen LogP contribution in [0, 0.1) is 0 Å². The SMILES string of the molecule is O=C(NC1CC(NC2CCCCCC2O)C1)OCc1ccccc1. The number of rotatable bonds is 5. The third-order valence-corrected chi connectivity index (χ3v) is 5.10. The second-order valence-electron chi connectivity index (χ2n) is 7.05. The highest BCUT2D eigenvalue weighted by atomic mass is 16.5. The van der Waals surface area contributed by atoms with E-state index >= 15 is 0 Å². The maximum Gasteiger partial charge on any atom is 0.407 e. The number of amides is 1. The van der Waals surface area contributed by atoms with Gasteiger partial charge in [0.2, 0.25) is 0 Å². The van der Waals surface area contributed by atoms with E-state index in [0.29, 0.717) is 12.6 Å². The zero-order valence-corrected chi connectivity index (χ0v) is 14.1. The zero-order chi connectivity index (χ0) is 16.8. The molecule has 2 fully saturated rings. The van der Waals surface area contributed by atoms with Gasteiger partial charge in [-0.2, -0.15) is 0 Å². The van der Waals surface area contributed by atoms with Gasteiger partial charge >= 0.3 is 6.09 Å². The van der Waals surface area contributed by atoms with Crippen molar-refractivity contribution in [1.29, 1.82) is 0 Å². The Kier molecular flexibility index (Phi) is 6.10. The monoisotopic (exact) mass is 332 g/mol. The van der Waals surface area contributed by atoms with Gasteiger partial charge in [-0.05, 0) is 31.2 Å². The molecule has 2 aliphatic rings. The molecule has 1 amide bonds. The van der Waals surface area contributed by atoms with Gasteiger partial charge < -0.3 is 20.5 Å². The molecule has 2 unspecified atom stereocenters. The number of hydrogen-bond donors (Lipinski definition) is 3. The zero-order valence-electron chi connectivity index (χ0n) is 14.1. The smallest absolute Gasteiger partial charge is 0.407 e. The maximum atomic E-state index is 11.8. The summed E-state index contributed by atoms with van der Waals surface area (Å²) in [5, 5.41) is 16.6. The highest BCUT2D eigenvalue weighted by Gasteiger charge is 2.33. The number of nitrogens with one attached hydrogen (secondary N) is 2. The van der Waals surface area contributed by atoms with Crippen LogP contribution in [0.5, 0.6) is 0 Å². The number of aliphatic hydroxyl groups is 1. The van der Waals surface area contributed by atoms with Crippen LogP contribution in [0.4, 0.5) is 4.79 Å². The molecule has 0 heterocycles. The summed E-state index contributed by atoms with van der Waals surface area (Å²) in [6.07, 6.45) is 6.72. The van der Waals surface area contributed by atoms with Crippen LogP contribution in [0.15, 0.2) is 30.3 Å². The van der Waals surface area contributed by atoms with E-state index in [9.17, 15) is 9.90 Å². The van der Waals surface area contributed by atoms with Gasteiger partial charge in [-0.1, -0.05) is 49.6 Å². The Morgan fingerprint density at radius 1 is 1.08 bits per heavy atom. The lowest BCUT2D eigenvalue weighted by Gasteiger charge is -2.39. The number of benzene rings is 1. The Hall–Kier alpha value is -1.59. The Balaban J connectivity index is 1.32. The van der Waals surface area contributed by atoms with Gasteiger partial charge in [0.15, 0.2) is 0 Å². The van der Waals surface area contributed by atoms with Gasteiger partial charge in [-0.15, -0.1) is 0 Å². The van der Waals surface area contributed by atoms with E-state index in [2.05, 4.69) is 10.6 Å². The van der Waals surface area contributed by atoms with E-state index in [1.54, 1.807) is 0 Å². The first-order chi connectivity index (χ1) is 11.7. The third kappa shape index (κ3) is 4.95. The molecule has 3 N–H and O–H groups in total. The summed E-state index contributed by atoms with van der Waals surface area (Å²) in [6, 6.07) is 10.5. The molecule has 2 saturated carbocycles. The van der Waals surface area contributed by atoms with Crippen LogP contribution in [-0.2, 0) is 11.3 Å². The first-order valence-corrected chi connectivity index (χ1v) is 9.12. The van der Waals surface area contributed by atoms with E-state index in [1.165, 1.54) is 12.8 Å². The van der Waals surface area contributed by atoms with Crippen molar-refractivity contribution in [3.8, 4) is 0 Å². The van der Waals surface area contributed by atoms with Crippen molar-refractivity contribution >= 4 is 6.09 Å². The Morgan fingerprint density at radius 2 is 1.83 bits per heavy atom. The fraction of sp³-hybridized carbons (Fsp3) is 0.632. The molecule has 2 aliphatic carbocycles. The number of ether oxygens (including phenoxy) is 1. The fourth-order valence-electron chi connectivity index (χ4n) is 3.59. The maximum absolute atomic E-state index is 11.8. The van der Waals surface area contributed by atoms with Crippen molar-refractivity contribution in [3.05, 3.63) is 35.9 Å². The van der Waals surface area contributed by atoms with Crippen LogP contribution >= 0.6 is 0 Å². The molecule has 0 radical (unpaired) electrons. The minimum atomic E-state index is -0.350. The third-order valence-electron chi connectivity index (χ3n) is 5.10. The summed E-state index contributed by atoms with van der Waals surface area (Å²) >= 11 is 0. The molecule has 132 valence electrons. The predicted octanol–water partition coefficient (Wildman–Crippen LogP) is 2.73. The number of alkyl carbamates (subject to hydrolysis) is 1. The summed E-state index contributed by atoms with van der Waals surface area (Å²) in [5.41, 5.74) is 0.989. The van der Waals surface area contributed by atoms with Gasteiger partial charge in [-0.25, -0.2) is 4.79 Å². The van der Waals surface area contributed by atoms with Crippen molar-refractivity contribution in [2.45, 2.75) is 75.8 Å². The van der Waals surface area contributed by atoms with Crippen molar-refractivity contribution < 1.29 is 14.6 Å². The summed E-state index contributed by atoms with van der Waals surface area (Å²) in [7, 11) is 0.